The second kappa shape index (κ2) is 20.8. The zero-order valence-corrected chi connectivity index (χ0v) is 24.0. The lowest BCUT2D eigenvalue weighted by Gasteiger charge is -2.14. The highest BCUT2D eigenvalue weighted by atomic mass is 17.3. The molecule has 0 aliphatic rings. The van der Waals surface area contributed by atoms with Crippen LogP contribution in [0, 0.1) is 13.2 Å². The maximum Gasteiger partial charge on any atom is 0.376 e. The zero-order chi connectivity index (χ0) is 28.8. The molecular formula is C32H44O8. The van der Waals surface area contributed by atoms with Crippen LogP contribution in [0.2, 0.25) is 0 Å². The van der Waals surface area contributed by atoms with Crippen LogP contribution in [0.1, 0.15) is 111 Å². The van der Waals surface area contributed by atoms with Crippen molar-refractivity contribution < 1.29 is 38.6 Å². The molecule has 0 saturated carbocycles. The van der Waals surface area contributed by atoms with Gasteiger partial charge in [-0.2, -0.15) is 0 Å². The number of methoxy groups -OCH3 is 2. The van der Waals surface area contributed by atoms with Crippen LogP contribution in [0.25, 0.3) is 0 Å². The average Bonchev–Trinajstić information content (AvgIpc) is 2.99. The highest BCUT2D eigenvalue weighted by Gasteiger charge is 2.23. The minimum atomic E-state index is -0.767. The van der Waals surface area contributed by atoms with E-state index >= 15 is 0 Å². The molecule has 40 heavy (non-hydrogen) atoms. The zero-order valence-electron chi connectivity index (χ0n) is 24.0. The fraction of sp³-hybridized carbons (Fsp3) is 0.500. The summed E-state index contributed by atoms with van der Waals surface area (Å²) in [5.41, 5.74) is 0.377. The Morgan fingerprint density at radius 3 is 1.32 bits per heavy atom. The quantitative estimate of drug-likeness (QED) is 0.0812. The fourth-order valence-corrected chi connectivity index (χ4v) is 4.20. The van der Waals surface area contributed by atoms with Crippen molar-refractivity contribution in [1.29, 1.82) is 0 Å². The summed E-state index contributed by atoms with van der Waals surface area (Å²) in [6, 6.07) is 13.2. The van der Waals surface area contributed by atoms with Crippen molar-refractivity contribution in [3.05, 3.63) is 72.9 Å². The molecule has 0 unspecified atom stereocenters. The molecule has 2 aromatic rings. The third-order valence-corrected chi connectivity index (χ3v) is 6.46. The van der Waals surface area contributed by atoms with Crippen LogP contribution >= 0.6 is 0 Å². The fourth-order valence-electron chi connectivity index (χ4n) is 4.20. The highest BCUT2D eigenvalue weighted by molar-refractivity contribution is 5.92. The van der Waals surface area contributed by atoms with E-state index in [0.717, 1.165) is 25.7 Å². The van der Waals surface area contributed by atoms with Crippen molar-refractivity contribution in [2.24, 2.45) is 0 Å². The first-order chi connectivity index (χ1) is 19.6. The van der Waals surface area contributed by atoms with E-state index in [2.05, 4.69) is 6.92 Å². The van der Waals surface area contributed by atoms with E-state index in [1.807, 2.05) is 0 Å². The summed E-state index contributed by atoms with van der Waals surface area (Å²) in [7, 11) is 2.91. The van der Waals surface area contributed by atoms with Gasteiger partial charge in [0.15, 0.2) is 0 Å². The number of carbonyl (C=O) groups is 2. The first-order valence-corrected chi connectivity index (χ1v) is 14.3. The van der Waals surface area contributed by atoms with Gasteiger partial charge in [-0.15, -0.1) is 9.78 Å². The van der Waals surface area contributed by atoms with E-state index < -0.39 is 11.9 Å². The Morgan fingerprint density at radius 2 is 0.925 bits per heavy atom. The third-order valence-electron chi connectivity index (χ3n) is 6.46. The Balaban J connectivity index is 1.77. The van der Waals surface area contributed by atoms with Crippen LogP contribution in [0.5, 0.6) is 11.5 Å². The number of benzene rings is 2. The number of carbonyl (C=O) groups excluding carboxylic acids is 2. The summed E-state index contributed by atoms with van der Waals surface area (Å²) in [4.78, 5) is 45.4. The molecule has 0 fully saturated rings. The number of rotatable bonds is 22. The molecule has 8 heteroatoms. The van der Waals surface area contributed by atoms with E-state index in [1.165, 1.54) is 65.6 Å². The van der Waals surface area contributed by atoms with Crippen LogP contribution in [-0.2, 0) is 19.6 Å². The highest BCUT2D eigenvalue weighted by Crippen LogP contribution is 2.24. The van der Waals surface area contributed by atoms with Crippen molar-refractivity contribution in [3.8, 4) is 11.5 Å². The molecule has 0 amide bonds. The summed E-state index contributed by atoms with van der Waals surface area (Å²) < 4.78 is 10.4. The van der Waals surface area contributed by atoms with E-state index in [0.29, 0.717) is 17.9 Å². The summed E-state index contributed by atoms with van der Waals surface area (Å²) >= 11 is 0. The van der Waals surface area contributed by atoms with E-state index in [9.17, 15) is 9.59 Å². The van der Waals surface area contributed by atoms with Crippen LogP contribution in [0.15, 0.2) is 48.5 Å². The van der Waals surface area contributed by atoms with Crippen molar-refractivity contribution >= 4 is 11.9 Å². The standard InChI is InChI=1S/C32H44O8/c1-4-5-6-7-8-9-10-11-12-13-14-15-16-25-30(37-39-31(33)26-21-17-19-23-28(26)35-2)38-40-32(34)27-22-18-20-24-29(27)36-3/h17-24H,1,4-16,25H2,2-3H3. The lowest BCUT2D eigenvalue weighted by molar-refractivity contribution is -0.364. The van der Waals surface area contributed by atoms with Gasteiger partial charge in [0.05, 0.1) is 14.2 Å². The first-order valence-electron chi connectivity index (χ1n) is 14.3. The van der Waals surface area contributed by atoms with Crippen molar-refractivity contribution in [2.45, 2.75) is 89.9 Å². The monoisotopic (exact) mass is 556 g/mol. The number of unbranched alkanes of at least 4 members (excludes halogenated alkanes) is 12. The Labute approximate surface area is 239 Å². The predicted molar refractivity (Wildman–Crippen MR) is 152 cm³/mol. The van der Waals surface area contributed by atoms with Gasteiger partial charge in [0.1, 0.15) is 22.6 Å². The molecule has 0 atom stereocenters. The number of hydrogen-bond acceptors (Lipinski definition) is 8. The van der Waals surface area contributed by atoms with E-state index in [4.69, 9.17) is 29.0 Å². The lowest BCUT2D eigenvalue weighted by Crippen LogP contribution is -2.17. The predicted octanol–water partition coefficient (Wildman–Crippen LogP) is 8.37. The molecule has 0 bridgehead atoms. The summed E-state index contributed by atoms with van der Waals surface area (Å²) in [6.07, 6.45) is 15.3. The van der Waals surface area contributed by atoms with Crippen LogP contribution in [0.4, 0.5) is 0 Å². The topological polar surface area (TPSA) is 89.5 Å². The smallest absolute Gasteiger partial charge is 0.376 e. The normalized spacial score (nSPS) is 10.9. The van der Waals surface area contributed by atoms with Crippen LogP contribution in [0.3, 0.4) is 0 Å². The minimum absolute atomic E-state index is 0.134. The maximum atomic E-state index is 12.5. The van der Waals surface area contributed by atoms with Crippen molar-refractivity contribution in [3.63, 3.8) is 0 Å². The average molecular weight is 557 g/mol. The molecular weight excluding hydrogens is 512 g/mol. The number of para-hydroxylation sites is 2. The molecule has 2 radical (unpaired) electrons. The third kappa shape index (κ3) is 12.8. The van der Waals surface area contributed by atoms with Crippen LogP contribution < -0.4 is 9.47 Å². The van der Waals surface area contributed by atoms with Gasteiger partial charge in [-0.25, -0.2) is 9.59 Å². The van der Waals surface area contributed by atoms with Gasteiger partial charge in [-0.05, 0) is 30.7 Å². The Bertz CT molecular complexity index is 913. The van der Waals surface area contributed by atoms with Gasteiger partial charge in [-0.3, -0.25) is 9.78 Å². The SMILES string of the molecule is [CH2]CCCCCCCCCCCCCC[C](OOC(=O)c1ccccc1OC)OOC(=O)c1ccccc1OC. The lowest BCUT2D eigenvalue weighted by atomic mass is 10.0. The van der Waals surface area contributed by atoms with Crippen molar-refractivity contribution in [1.82, 2.24) is 0 Å². The summed E-state index contributed by atoms with van der Waals surface area (Å²) in [6.45, 7) is 3.89. The molecule has 0 aliphatic heterocycles. The van der Waals surface area contributed by atoms with Crippen LogP contribution in [-0.4, -0.2) is 26.2 Å². The molecule has 2 rings (SSSR count). The minimum Gasteiger partial charge on any atom is -0.496 e. The van der Waals surface area contributed by atoms with Gasteiger partial charge < -0.3 is 9.47 Å². The Kier molecular flexibility index (Phi) is 17.2. The number of hydrogen-bond donors (Lipinski definition) is 0. The Morgan fingerprint density at radius 1 is 0.550 bits per heavy atom. The molecule has 0 heterocycles. The second-order valence-electron chi connectivity index (χ2n) is 9.53. The second-order valence-corrected chi connectivity index (χ2v) is 9.53. The summed E-state index contributed by atoms with van der Waals surface area (Å²) in [5.74, 6) is -0.848. The van der Waals surface area contributed by atoms with Gasteiger partial charge >= 0.3 is 18.2 Å². The van der Waals surface area contributed by atoms with Gasteiger partial charge in [-0.1, -0.05) is 108 Å². The maximum absolute atomic E-state index is 12.5. The molecule has 0 spiro atoms. The first kappa shape index (κ1) is 33.1. The van der Waals surface area contributed by atoms with Gasteiger partial charge in [0.2, 0.25) is 0 Å². The number of ether oxygens (including phenoxy) is 2. The molecule has 8 nitrogen and oxygen atoms in total. The molecule has 0 saturated heterocycles. The van der Waals surface area contributed by atoms with Gasteiger partial charge in [0, 0.05) is 6.42 Å². The van der Waals surface area contributed by atoms with Crippen molar-refractivity contribution in [2.75, 3.05) is 14.2 Å². The molecule has 0 aromatic heterocycles. The molecule has 0 N–H and O–H groups in total. The summed E-state index contributed by atoms with van der Waals surface area (Å²) in [5, 5.41) is 0. The molecule has 0 aliphatic carbocycles. The Hall–Kier alpha value is -3.10. The molecule has 2 aromatic carbocycles. The van der Waals surface area contributed by atoms with E-state index in [-0.39, 0.29) is 23.8 Å². The van der Waals surface area contributed by atoms with Gasteiger partial charge in [0.25, 0.3) is 0 Å². The largest absolute Gasteiger partial charge is 0.496 e. The van der Waals surface area contributed by atoms with E-state index in [1.54, 1.807) is 48.5 Å². The molecule has 220 valence electrons.